The first kappa shape index (κ1) is 11.2. The molecule has 86 valence electrons. The van der Waals surface area contributed by atoms with Crippen molar-refractivity contribution in [2.75, 3.05) is 0 Å². The van der Waals surface area contributed by atoms with Gasteiger partial charge < -0.3 is 0 Å². The Morgan fingerprint density at radius 2 is 1.81 bits per heavy atom. The molecule has 1 atom stereocenters. The molecule has 0 amide bonds. The molecule has 1 aliphatic rings. The van der Waals surface area contributed by atoms with Gasteiger partial charge in [-0.2, -0.15) is 0 Å². The van der Waals surface area contributed by atoms with Crippen molar-refractivity contribution in [2.24, 2.45) is 0 Å². The molecular weight excluding hydrogens is 217 g/mol. The third kappa shape index (κ3) is 1.84. The van der Waals surface area contributed by atoms with Gasteiger partial charge in [0.05, 0.1) is 0 Å². The van der Waals surface area contributed by atoms with Crippen LogP contribution in [-0.2, 0) is 4.79 Å². The van der Waals surface area contributed by atoms with Gasteiger partial charge in [0.2, 0.25) is 0 Å². The third-order valence-corrected chi connectivity index (χ3v) is 3.00. The molecule has 1 unspecified atom stereocenters. The van der Waals surface area contributed by atoms with Gasteiger partial charge in [0.15, 0.2) is 17.5 Å². The predicted molar refractivity (Wildman–Crippen MR) is 52.5 cm³/mol. The fourth-order valence-electron chi connectivity index (χ4n) is 2.12. The molecule has 1 fully saturated rings. The van der Waals surface area contributed by atoms with Crippen LogP contribution in [-0.4, -0.2) is 5.78 Å². The van der Waals surface area contributed by atoms with E-state index in [-0.39, 0.29) is 11.3 Å². The van der Waals surface area contributed by atoms with Gasteiger partial charge in [-0.25, -0.2) is 13.2 Å². The quantitative estimate of drug-likeness (QED) is 0.674. The number of carbonyl (C=O) groups excluding carboxylic acids is 1. The number of hydrogen-bond donors (Lipinski definition) is 0. The summed E-state index contributed by atoms with van der Waals surface area (Å²) in [6.07, 6.45) is 2.51. The Kier molecular flexibility index (Phi) is 2.99. The van der Waals surface area contributed by atoms with Crippen LogP contribution >= 0.6 is 0 Å². The van der Waals surface area contributed by atoms with Crippen molar-refractivity contribution in [3.8, 4) is 0 Å². The van der Waals surface area contributed by atoms with Crippen molar-refractivity contribution in [2.45, 2.75) is 31.6 Å². The van der Waals surface area contributed by atoms with Crippen LogP contribution in [0.4, 0.5) is 13.2 Å². The number of ketones is 1. The fraction of sp³-hybridized carbons (Fsp3) is 0.417. The van der Waals surface area contributed by atoms with Gasteiger partial charge in [-0.1, -0.05) is 12.5 Å². The Hall–Kier alpha value is -1.32. The first-order valence-electron chi connectivity index (χ1n) is 5.27. The highest BCUT2D eigenvalue weighted by Crippen LogP contribution is 2.32. The maximum absolute atomic E-state index is 13.5. The molecule has 1 nitrogen and oxygen atoms in total. The highest BCUT2D eigenvalue weighted by molar-refractivity contribution is 5.86. The molecule has 1 aromatic rings. The number of rotatable bonds is 1. The van der Waals surface area contributed by atoms with E-state index >= 15 is 0 Å². The van der Waals surface area contributed by atoms with E-state index in [0.717, 1.165) is 18.9 Å². The van der Waals surface area contributed by atoms with Crippen LogP contribution in [0.25, 0.3) is 0 Å². The summed E-state index contributed by atoms with van der Waals surface area (Å²) in [6, 6.07) is 2.04. The Labute approximate surface area is 91.3 Å². The van der Waals surface area contributed by atoms with Gasteiger partial charge >= 0.3 is 0 Å². The average Bonchev–Trinajstić information content (AvgIpc) is 2.28. The first-order valence-corrected chi connectivity index (χ1v) is 5.27. The topological polar surface area (TPSA) is 17.1 Å². The molecule has 0 aromatic heterocycles. The van der Waals surface area contributed by atoms with Gasteiger partial charge in [0.1, 0.15) is 5.78 Å². The summed E-state index contributed by atoms with van der Waals surface area (Å²) in [5.41, 5.74) is -0.0106. The summed E-state index contributed by atoms with van der Waals surface area (Å²) in [5.74, 6) is -4.62. The van der Waals surface area contributed by atoms with E-state index in [4.69, 9.17) is 0 Å². The van der Waals surface area contributed by atoms with Gasteiger partial charge in [0, 0.05) is 17.9 Å². The predicted octanol–water partition coefficient (Wildman–Crippen LogP) is 3.33. The molecule has 0 aliphatic heterocycles. The second-order valence-corrected chi connectivity index (χ2v) is 4.03. The molecule has 1 aliphatic carbocycles. The van der Waals surface area contributed by atoms with Gasteiger partial charge in [-0.15, -0.1) is 0 Å². The van der Waals surface area contributed by atoms with E-state index in [2.05, 4.69) is 0 Å². The van der Waals surface area contributed by atoms with Crippen molar-refractivity contribution >= 4 is 5.78 Å². The van der Waals surface area contributed by atoms with E-state index in [1.807, 2.05) is 0 Å². The van der Waals surface area contributed by atoms with Crippen molar-refractivity contribution < 1.29 is 18.0 Å². The minimum atomic E-state index is -1.49. The SMILES string of the molecule is O=C1CCCCC1c1ccc(F)c(F)c1F. The van der Waals surface area contributed by atoms with Crippen molar-refractivity contribution in [3.63, 3.8) is 0 Å². The third-order valence-electron chi connectivity index (χ3n) is 3.00. The molecule has 16 heavy (non-hydrogen) atoms. The summed E-state index contributed by atoms with van der Waals surface area (Å²) < 4.78 is 39.2. The molecule has 0 bridgehead atoms. The zero-order valence-electron chi connectivity index (χ0n) is 8.60. The molecule has 0 N–H and O–H groups in total. The van der Waals surface area contributed by atoms with Crippen molar-refractivity contribution in [1.29, 1.82) is 0 Å². The zero-order valence-corrected chi connectivity index (χ0v) is 8.60. The van der Waals surface area contributed by atoms with Gasteiger partial charge in [0.25, 0.3) is 0 Å². The Balaban J connectivity index is 2.40. The second kappa shape index (κ2) is 4.28. The number of benzene rings is 1. The van der Waals surface area contributed by atoms with Crippen molar-refractivity contribution in [3.05, 3.63) is 35.1 Å². The summed E-state index contributed by atoms with van der Waals surface area (Å²) in [5, 5.41) is 0. The fourth-order valence-corrected chi connectivity index (χ4v) is 2.12. The summed E-state index contributed by atoms with van der Waals surface area (Å²) in [6.45, 7) is 0. The molecule has 1 aromatic carbocycles. The Morgan fingerprint density at radius 3 is 2.50 bits per heavy atom. The number of hydrogen-bond acceptors (Lipinski definition) is 1. The lowest BCUT2D eigenvalue weighted by atomic mass is 9.83. The highest BCUT2D eigenvalue weighted by atomic mass is 19.2. The standard InChI is InChI=1S/C12H11F3O/c13-9-6-5-8(11(14)12(9)15)7-3-1-2-4-10(7)16/h5-7H,1-4H2. The summed E-state index contributed by atoms with van der Waals surface area (Å²) in [4.78, 5) is 11.6. The normalized spacial score (nSPS) is 21.2. The molecule has 0 spiro atoms. The second-order valence-electron chi connectivity index (χ2n) is 4.03. The highest BCUT2D eigenvalue weighted by Gasteiger charge is 2.28. The Bertz CT molecular complexity index is 429. The van der Waals surface area contributed by atoms with Crippen LogP contribution in [0, 0.1) is 17.5 Å². The van der Waals surface area contributed by atoms with Gasteiger partial charge in [-0.3, -0.25) is 4.79 Å². The monoisotopic (exact) mass is 228 g/mol. The zero-order chi connectivity index (χ0) is 11.7. The molecule has 2 rings (SSSR count). The van der Waals surface area contributed by atoms with E-state index in [1.165, 1.54) is 6.07 Å². The lowest BCUT2D eigenvalue weighted by molar-refractivity contribution is -0.121. The maximum atomic E-state index is 13.5. The van der Waals surface area contributed by atoms with Crippen LogP contribution in [0.5, 0.6) is 0 Å². The van der Waals surface area contributed by atoms with Crippen LogP contribution in [0.3, 0.4) is 0 Å². The lowest BCUT2D eigenvalue weighted by Gasteiger charge is -2.21. The smallest absolute Gasteiger partial charge is 0.194 e. The summed E-state index contributed by atoms with van der Waals surface area (Å²) >= 11 is 0. The maximum Gasteiger partial charge on any atom is 0.194 e. The number of Topliss-reactive ketones (excluding diaryl/α,β-unsaturated/α-hetero) is 1. The van der Waals surface area contributed by atoms with Crippen LogP contribution < -0.4 is 0 Å². The van der Waals surface area contributed by atoms with E-state index in [0.29, 0.717) is 12.8 Å². The molecule has 4 heteroatoms. The summed E-state index contributed by atoms with van der Waals surface area (Å²) in [7, 11) is 0. The van der Waals surface area contributed by atoms with E-state index in [1.54, 1.807) is 0 Å². The van der Waals surface area contributed by atoms with Gasteiger partial charge in [-0.05, 0) is 18.9 Å². The molecule has 0 saturated heterocycles. The molecular formula is C12H11F3O. The van der Waals surface area contributed by atoms with E-state index in [9.17, 15) is 18.0 Å². The minimum absolute atomic E-state index is 0.0106. The minimum Gasteiger partial charge on any atom is -0.299 e. The van der Waals surface area contributed by atoms with Crippen LogP contribution in [0.1, 0.15) is 37.2 Å². The van der Waals surface area contributed by atoms with Crippen molar-refractivity contribution in [1.82, 2.24) is 0 Å². The average molecular weight is 228 g/mol. The van der Waals surface area contributed by atoms with Crippen LogP contribution in [0.15, 0.2) is 12.1 Å². The Morgan fingerprint density at radius 1 is 1.06 bits per heavy atom. The number of halogens is 3. The lowest BCUT2D eigenvalue weighted by Crippen LogP contribution is -2.18. The van der Waals surface area contributed by atoms with Crippen LogP contribution in [0.2, 0.25) is 0 Å². The molecule has 1 saturated carbocycles. The van der Waals surface area contributed by atoms with E-state index < -0.39 is 23.4 Å². The number of carbonyl (C=O) groups is 1. The molecule has 0 radical (unpaired) electrons. The molecule has 0 heterocycles. The largest absolute Gasteiger partial charge is 0.299 e. The first-order chi connectivity index (χ1) is 7.61.